The SMILES string of the molecule is CCN(C)C=Nc1cc(C)c(Cc2ccc(C)c(Cl)c2)cc1C. The molecule has 0 aliphatic rings. The topological polar surface area (TPSA) is 15.6 Å². The van der Waals surface area contributed by atoms with Crippen LogP contribution >= 0.6 is 11.6 Å². The van der Waals surface area contributed by atoms with E-state index in [1.165, 1.54) is 22.3 Å². The zero-order chi connectivity index (χ0) is 17.0. The van der Waals surface area contributed by atoms with Crippen LogP contribution in [0.2, 0.25) is 5.02 Å². The lowest BCUT2D eigenvalue weighted by atomic mass is 9.97. The van der Waals surface area contributed by atoms with Crippen LogP contribution in [0.5, 0.6) is 0 Å². The van der Waals surface area contributed by atoms with E-state index in [4.69, 9.17) is 11.6 Å². The van der Waals surface area contributed by atoms with Crippen LogP contribution in [0.15, 0.2) is 35.3 Å². The molecule has 0 saturated carbocycles. The van der Waals surface area contributed by atoms with Crippen molar-refractivity contribution < 1.29 is 0 Å². The summed E-state index contributed by atoms with van der Waals surface area (Å²) < 4.78 is 0. The van der Waals surface area contributed by atoms with Crippen molar-refractivity contribution in [2.75, 3.05) is 13.6 Å². The fourth-order valence-electron chi connectivity index (χ4n) is 2.40. The Bertz CT molecular complexity index is 720. The van der Waals surface area contributed by atoms with Gasteiger partial charge in [0.2, 0.25) is 0 Å². The molecule has 122 valence electrons. The van der Waals surface area contributed by atoms with Crippen LogP contribution in [0, 0.1) is 20.8 Å². The van der Waals surface area contributed by atoms with E-state index in [1.807, 2.05) is 20.3 Å². The highest BCUT2D eigenvalue weighted by molar-refractivity contribution is 6.31. The third kappa shape index (κ3) is 4.59. The summed E-state index contributed by atoms with van der Waals surface area (Å²) in [5, 5.41) is 0.834. The predicted octanol–water partition coefficient (Wildman–Crippen LogP) is 5.47. The molecule has 0 aromatic heterocycles. The summed E-state index contributed by atoms with van der Waals surface area (Å²) in [6, 6.07) is 10.7. The Kier molecular flexibility index (Phi) is 5.84. The first kappa shape index (κ1) is 17.6. The summed E-state index contributed by atoms with van der Waals surface area (Å²) in [6.07, 6.45) is 2.78. The molecule has 2 nitrogen and oxygen atoms in total. The molecule has 0 radical (unpaired) electrons. The second-order valence-corrected chi connectivity index (χ2v) is 6.55. The fraction of sp³-hybridized carbons (Fsp3) is 0.350. The van der Waals surface area contributed by atoms with Crippen molar-refractivity contribution >= 4 is 23.6 Å². The minimum Gasteiger partial charge on any atom is -0.366 e. The zero-order valence-corrected chi connectivity index (χ0v) is 15.4. The van der Waals surface area contributed by atoms with Crippen molar-refractivity contribution in [3.8, 4) is 0 Å². The highest BCUT2D eigenvalue weighted by Crippen LogP contribution is 2.26. The maximum Gasteiger partial charge on any atom is 0.0909 e. The van der Waals surface area contributed by atoms with Gasteiger partial charge < -0.3 is 4.90 Å². The molecule has 3 heteroatoms. The Balaban J connectivity index is 2.25. The van der Waals surface area contributed by atoms with Gasteiger partial charge in [0.15, 0.2) is 0 Å². The molecule has 0 N–H and O–H groups in total. The van der Waals surface area contributed by atoms with Crippen LogP contribution in [-0.4, -0.2) is 24.8 Å². The van der Waals surface area contributed by atoms with E-state index < -0.39 is 0 Å². The van der Waals surface area contributed by atoms with Crippen LogP contribution < -0.4 is 0 Å². The molecule has 23 heavy (non-hydrogen) atoms. The maximum atomic E-state index is 6.24. The average molecular weight is 329 g/mol. The Morgan fingerprint density at radius 3 is 2.43 bits per heavy atom. The Hall–Kier alpha value is -1.80. The Morgan fingerprint density at radius 2 is 1.78 bits per heavy atom. The second kappa shape index (κ2) is 7.65. The summed E-state index contributed by atoms with van der Waals surface area (Å²) in [4.78, 5) is 6.66. The van der Waals surface area contributed by atoms with Crippen LogP contribution in [0.4, 0.5) is 5.69 Å². The minimum atomic E-state index is 0.834. The van der Waals surface area contributed by atoms with Crippen molar-refractivity contribution in [2.24, 2.45) is 4.99 Å². The molecule has 0 heterocycles. The predicted molar refractivity (Wildman–Crippen MR) is 101 cm³/mol. The number of hydrogen-bond donors (Lipinski definition) is 0. The molecule has 0 unspecified atom stereocenters. The molecule has 0 saturated heterocycles. The smallest absolute Gasteiger partial charge is 0.0909 e. The number of benzene rings is 2. The minimum absolute atomic E-state index is 0.834. The monoisotopic (exact) mass is 328 g/mol. The summed E-state index contributed by atoms with van der Waals surface area (Å²) in [7, 11) is 2.03. The lowest BCUT2D eigenvalue weighted by Crippen LogP contribution is -2.14. The first-order chi connectivity index (χ1) is 10.9. The van der Waals surface area contributed by atoms with Gasteiger partial charge in [0.1, 0.15) is 0 Å². The van der Waals surface area contributed by atoms with Gasteiger partial charge in [-0.1, -0.05) is 29.8 Å². The van der Waals surface area contributed by atoms with Crippen molar-refractivity contribution in [1.82, 2.24) is 4.90 Å². The van der Waals surface area contributed by atoms with Gasteiger partial charge in [-0.3, -0.25) is 0 Å². The molecular weight excluding hydrogens is 304 g/mol. The number of nitrogens with zero attached hydrogens (tertiary/aromatic N) is 2. The van der Waals surface area contributed by atoms with E-state index >= 15 is 0 Å². The number of hydrogen-bond acceptors (Lipinski definition) is 1. The molecule has 0 atom stereocenters. The molecule has 0 aliphatic heterocycles. The Labute approximate surface area is 144 Å². The van der Waals surface area contributed by atoms with E-state index in [9.17, 15) is 0 Å². The van der Waals surface area contributed by atoms with E-state index in [-0.39, 0.29) is 0 Å². The van der Waals surface area contributed by atoms with E-state index in [2.05, 4.69) is 61.0 Å². The molecule has 0 bridgehead atoms. The summed E-state index contributed by atoms with van der Waals surface area (Å²) in [5.41, 5.74) is 7.18. The first-order valence-electron chi connectivity index (χ1n) is 8.00. The van der Waals surface area contributed by atoms with Gasteiger partial charge >= 0.3 is 0 Å². The van der Waals surface area contributed by atoms with Gasteiger partial charge in [-0.15, -0.1) is 0 Å². The highest BCUT2D eigenvalue weighted by atomic mass is 35.5. The largest absolute Gasteiger partial charge is 0.366 e. The lowest BCUT2D eigenvalue weighted by Gasteiger charge is -2.12. The van der Waals surface area contributed by atoms with Crippen LogP contribution in [0.1, 0.15) is 34.7 Å². The number of aryl methyl sites for hydroxylation is 3. The van der Waals surface area contributed by atoms with Crippen molar-refractivity contribution in [3.63, 3.8) is 0 Å². The third-order valence-electron chi connectivity index (χ3n) is 4.18. The van der Waals surface area contributed by atoms with Gasteiger partial charge in [0.25, 0.3) is 0 Å². The van der Waals surface area contributed by atoms with Crippen molar-refractivity contribution in [1.29, 1.82) is 0 Å². The molecule has 2 rings (SSSR count). The van der Waals surface area contributed by atoms with Crippen LogP contribution in [-0.2, 0) is 6.42 Å². The molecule has 2 aromatic carbocycles. The van der Waals surface area contributed by atoms with Crippen molar-refractivity contribution in [2.45, 2.75) is 34.1 Å². The van der Waals surface area contributed by atoms with Gasteiger partial charge in [-0.2, -0.15) is 0 Å². The normalized spacial score (nSPS) is 11.2. The summed E-state index contributed by atoms with van der Waals surface area (Å²) >= 11 is 6.24. The van der Waals surface area contributed by atoms with E-state index in [0.29, 0.717) is 0 Å². The quantitative estimate of drug-likeness (QED) is 0.525. The van der Waals surface area contributed by atoms with Crippen LogP contribution in [0.3, 0.4) is 0 Å². The second-order valence-electron chi connectivity index (χ2n) is 6.14. The number of aliphatic imine (C=N–C) groups is 1. The zero-order valence-electron chi connectivity index (χ0n) is 14.7. The van der Waals surface area contributed by atoms with Crippen LogP contribution in [0.25, 0.3) is 0 Å². The summed E-state index contributed by atoms with van der Waals surface area (Å²) in [5.74, 6) is 0. The molecular formula is C20H25ClN2. The van der Waals surface area contributed by atoms with E-state index in [0.717, 1.165) is 29.2 Å². The number of halogens is 1. The fourth-order valence-corrected chi connectivity index (χ4v) is 2.60. The maximum absolute atomic E-state index is 6.24. The van der Waals surface area contributed by atoms with Crippen molar-refractivity contribution in [3.05, 3.63) is 63.2 Å². The lowest BCUT2D eigenvalue weighted by molar-refractivity contribution is 0.552. The van der Waals surface area contributed by atoms with E-state index in [1.54, 1.807) is 0 Å². The number of rotatable bonds is 5. The Morgan fingerprint density at radius 1 is 1.04 bits per heavy atom. The van der Waals surface area contributed by atoms with Gasteiger partial charge in [-0.25, -0.2) is 4.99 Å². The molecule has 0 aliphatic carbocycles. The summed E-state index contributed by atoms with van der Waals surface area (Å²) in [6.45, 7) is 9.35. The molecule has 0 spiro atoms. The standard InChI is InChI=1S/C20H25ClN2/c1-6-23(5)13-22-20-10-15(3)18(9-16(20)4)11-17-8-7-14(2)19(21)12-17/h7-10,12-13H,6,11H2,1-5H3. The highest BCUT2D eigenvalue weighted by Gasteiger charge is 2.06. The first-order valence-corrected chi connectivity index (χ1v) is 8.38. The third-order valence-corrected chi connectivity index (χ3v) is 4.59. The average Bonchev–Trinajstić information content (AvgIpc) is 2.52. The van der Waals surface area contributed by atoms with Gasteiger partial charge in [0, 0.05) is 18.6 Å². The molecule has 0 fully saturated rings. The molecule has 0 amide bonds. The van der Waals surface area contributed by atoms with Gasteiger partial charge in [-0.05, 0) is 74.1 Å². The van der Waals surface area contributed by atoms with Gasteiger partial charge in [0.05, 0.1) is 12.0 Å². The molecule has 2 aromatic rings.